The Bertz CT molecular complexity index is 1090. The van der Waals surface area contributed by atoms with Crippen LogP contribution in [0.25, 0.3) is 17.2 Å². The van der Waals surface area contributed by atoms with E-state index in [4.69, 9.17) is 0 Å². The minimum Gasteiger partial charge on any atom is -0.0800 e. The van der Waals surface area contributed by atoms with Gasteiger partial charge in [0.1, 0.15) is 0 Å². The zero-order valence-electron chi connectivity index (χ0n) is 20.7. The number of unbranched alkanes of at least 4 members (excludes halogenated alkanes) is 1. The van der Waals surface area contributed by atoms with E-state index in [-0.39, 0.29) is 18.9 Å². The Morgan fingerprint density at radius 3 is 2.59 bits per heavy atom. The summed E-state index contributed by atoms with van der Waals surface area (Å²) in [4.78, 5) is 0. The van der Waals surface area contributed by atoms with Crippen molar-refractivity contribution in [1.29, 1.82) is 0 Å². The molecule has 0 spiro atoms. The molecular formula is C30H36LiSi. The summed E-state index contributed by atoms with van der Waals surface area (Å²) in [7, 11) is -1.62. The summed E-state index contributed by atoms with van der Waals surface area (Å²) in [5.74, 6) is 0. The van der Waals surface area contributed by atoms with Gasteiger partial charge < -0.3 is 0 Å². The third-order valence-corrected chi connectivity index (χ3v) is 12.3. The molecule has 0 nitrogen and oxygen atoms in total. The Morgan fingerprint density at radius 1 is 1.06 bits per heavy atom. The number of rotatable bonds is 6. The molecule has 2 atom stereocenters. The molecule has 0 saturated heterocycles. The average molecular weight is 432 g/mol. The first-order valence-corrected chi connectivity index (χ1v) is 15.5. The predicted octanol–water partition coefficient (Wildman–Crippen LogP) is 8.27. The number of aryl methyl sites for hydroxylation is 1. The van der Waals surface area contributed by atoms with Gasteiger partial charge in [0.05, 0.1) is 8.07 Å². The first kappa shape index (κ1) is 23.6. The number of benzene rings is 2. The zero-order chi connectivity index (χ0) is 21.6. The Labute approximate surface area is 208 Å². The van der Waals surface area contributed by atoms with Gasteiger partial charge in [0, 0.05) is 24.4 Å². The van der Waals surface area contributed by atoms with Crippen molar-refractivity contribution < 1.29 is 0 Å². The van der Waals surface area contributed by atoms with Crippen molar-refractivity contribution in [2.75, 3.05) is 0 Å². The van der Waals surface area contributed by atoms with E-state index in [1.54, 1.807) is 33.4 Å². The Hall–Kier alpha value is -1.53. The first-order chi connectivity index (χ1) is 15.0. The maximum atomic E-state index is 2.63. The summed E-state index contributed by atoms with van der Waals surface area (Å²) in [5, 5.41) is 0. The maximum absolute atomic E-state index is 2.63. The Morgan fingerprint density at radius 2 is 1.84 bits per heavy atom. The monoisotopic (exact) mass is 431 g/mol. The quantitative estimate of drug-likeness (QED) is 0.404. The largest absolute Gasteiger partial charge is 0.0800 e. The molecule has 3 aliphatic carbocycles. The molecule has 5 rings (SSSR count). The van der Waals surface area contributed by atoms with Gasteiger partial charge >= 0.3 is 0 Å². The summed E-state index contributed by atoms with van der Waals surface area (Å²) in [5.41, 5.74) is 13.8. The first-order valence-electron chi connectivity index (χ1n) is 12.3. The van der Waals surface area contributed by atoms with Gasteiger partial charge in [-0.3, -0.25) is 0 Å². The van der Waals surface area contributed by atoms with E-state index in [1.807, 2.05) is 0 Å². The van der Waals surface area contributed by atoms with Gasteiger partial charge in [-0.15, -0.1) is 0 Å². The summed E-state index contributed by atoms with van der Waals surface area (Å²) in [6.45, 7) is 9.96. The van der Waals surface area contributed by atoms with E-state index < -0.39 is 8.07 Å². The van der Waals surface area contributed by atoms with E-state index in [0.29, 0.717) is 11.1 Å². The van der Waals surface area contributed by atoms with Crippen molar-refractivity contribution in [3.05, 3.63) is 88.0 Å². The van der Waals surface area contributed by atoms with Crippen molar-refractivity contribution >= 4 is 33.0 Å². The molecule has 0 heterocycles. The van der Waals surface area contributed by atoms with Crippen molar-refractivity contribution in [3.8, 4) is 11.1 Å². The molecule has 2 heteroatoms. The van der Waals surface area contributed by atoms with Crippen LogP contribution < -0.4 is 0 Å². The molecule has 2 unspecified atom stereocenters. The standard InChI is InChI=1S/C30H36Si.Li/c1-5-6-11-22-16-17-25(19-22)31(3,4)30-21(2)18-27-28(30)20-24-14-10-15-26(24)29(27)23-12-8-7-9-13-23;/h7-9,12-13,16-20,25,30H,5-6,10-11,14-15H2,1-4H3;. The van der Waals surface area contributed by atoms with Crippen molar-refractivity contribution in [2.45, 2.75) is 76.5 Å². The molecule has 0 bridgehead atoms. The second-order valence-electron chi connectivity index (χ2n) is 10.5. The van der Waals surface area contributed by atoms with Crippen LogP contribution in [0.3, 0.4) is 0 Å². The molecule has 0 aromatic heterocycles. The van der Waals surface area contributed by atoms with E-state index in [0.717, 1.165) is 0 Å². The number of allylic oxidation sites excluding steroid dienone is 5. The molecule has 3 aliphatic rings. The summed E-state index contributed by atoms with van der Waals surface area (Å²) in [6, 6.07) is 13.8. The van der Waals surface area contributed by atoms with Crippen LogP contribution in [-0.4, -0.2) is 26.9 Å². The topological polar surface area (TPSA) is 0 Å². The molecular weight excluding hydrogens is 395 g/mol. The van der Waals surface area contributed by atoms with Gasteiger partial charge in [0.2, 0.25) is 0 Å². The van der Waals surface area contributed by atoms with Crippen LogP contribution >= 0.6 is 0 Å². The van der Waals surface area contributed by atoms with E-state index >= 15 is 0 Å². The molecule has 0 N–H and O–H groups in total. The van der Waals surface area contributed by atoms with E-state index in [9.17, 15) is 0 Å². The average Bonchev–Trinajstić information content (AvgIpc) is 3.49. The molecule has 161 valence electrons. The van der Waals surface area contributed by atoms with Gasteiger partial charge in [-0.2, -0.15) is 0 Å². The summed E-state index contributed by atoms with van der Waals surface area (Å²) in [6.07, 6.45) is 17.8. The molecule has 1 radical (unpaired) electrons. The molecule has 0 amide bonds. The van der Waals surface area contributed by atoms with Crippen molar-refractivity contribution in [1.82, 2.24) is 0 Å². The SMILES string of the molecule is CCCCC1=CC([Si](C)(C)C2C(C)=Cc3c2cc2c(c3-c3ccccc3)CCC2)C=C1.[Li]. The van der Waals surface area contributed by atoms with Gasteiger partial charge in [-0.1, -0.05) is 98.3 Å². The second kappa shape index (κ2) is 9.38. The predicted molar refractivity (Wildman–Crippen MR) is 144 cm³/mol. The molecule has 2 aromatic rings. The summed E-state index contributed by atoms with van der Waals surface area (Å²) >= 11 is 0. The fourth-order valence-corrected chi connectivity index (χ4v) is 10.3. The van der Waals surface area contributed by atoms with Crippen LogP contribution in [0.5, 0.6) is 0 Å². The van der Waals surface area contributed by atoms with Crippen LogP contribution in [0, 0.1) is 0 Å². The van der Waals surface area contributed by atoms with Crippen LogP contribution in [0.2, 0.25) is 18.6 Å². The van der Waals surface area contributed by atoms with Crippen LogP contribution in [-0.2, 0) is 12.8 Å². The smallest absolute Gasteiger partial charge is 0.0710 e. The van der Waals surface area contributed by atoms with Crippen molar-refractivity contribution in [2.24, 2.45) is 0 Å². The molecule has 0 saturated carbocycles. The zero-order valence-corrected chi connectivity index (χ0v) is 21.7. The Kier molecular flexibility index (Phi) is 6.93. The molecule has 0 fully saturated rings. The third kappa shape index (κ3) is 3.98. The normalized spacial score (nSPS) is 21.1. The molecule has 32 heavy (non-hydrogen) atoms. The second-order valence-corrected chi connectivity index (χ2v) is 15.4. The number of fused-ring (bicyclic) bond motifs is 2. The number of hydrogen-bond acceptors (Lipinski definition) is 0. The van der Waals surface area contributed by atoms with E-state index in [2.05, 4.69) is 87.6 Å². The third-order valence-electron chi connectivity index (χ3n) is 8.01. The van der Waals surface area contributed by atoms with Crippen LogP contribution in [0.4, 0.5) is 0 Å². The number of hydrogen-bond donors (Lipinski definition) is 0. The van der Waals surface area contributed by atoms with Crippen LogP contribution in [0.15, 0.2) is 65.8 Å². The van der Waals surface area contributed by atoms with Gasteiger partial charge in [-0.25, -0.2) is 0 Å². The maximum Gasteiger partial charge on any atom is 0.0710 e. The van der Waals surface area contributed by atoms with Crippen molar-refractivity contribution in [3.63, 3.8) is 0 Å². The fraction of sp³-hybridized carbons (Fsp3) is 0.400. The minimum absolute atomic E-state index is 0. The van der Waals surface area contributed by atoms with Gasteiger partial charge in [0.15, 0.2) is 0 Å². The molecule has 2 aromatic carbocycles. The molecule has 0 aliphatic heterocycles. The minimum atomic E-state index is -1.62. The van der Waals surface area contributed by atoms with Gasteiger partial charge in [0.25, 0.3) is 0 Å². The Balaban J connectivity index is 0.00000245. The van der Waals surface area contributed by atoms with E-state index in [1.165, 1.54) is 49.7 Å². The summed E-state index contributed by atoms with van der Waals surface area (Å²) < 4.78 is 0. The van der Waals surface area contributed by atoms with Crippen LogP contribution in [0.1, 0.15) is 67.3 Å². The fourth-order valence-electron chi connectivity index (χ4n) is 6.43. The van der Waals surface area contributed by atoms with Gasteiger partial charge in [-0.05, 0) is 77.9 Å².